The molecule has 2 N–H and O–H groups in total. The summed E-state index contributed by atoms with van der Waals surface area (Å²) in [5.74, 6) is -0.534. The van der Waals surface area contributed by atoms with Crippen molar-refractivity contribution in [3.05, 3.63) is 17.7 Å². The minimum absolute atomic E-state index is 0.0107. The van der Waals surface area contributed by atoms with Gasteiger partial charge in [-0.05, 0) is 31.5 Å². The lowest BCUT2D eigenvalue weighted by Gasteiger charge is -2.24. The predicted molar refractivity (Wildman–Crippen MR) is 79.5 cm³/mol. The van der Waals surface area contributed by atoms with Crippen molar-refractivity contribution in [1.29, 1.82) is 0 Å². The second-order valence-electron chi connectivity index (χ2n) is 5.11. The average Bonchev–Trinajstić information content (AvgIpc) is 2.55. The summed E-state index contributed by atoms with van der Waals surface area (Å²) >= 11 is 0. The molecule has 0 radical (unpaired) electrons. The topological polar surface area (TPSA) is 68.8 Å². The first kappa shape index (κ1) is 17.3. The Labute approximate surface area is 133 Å². The first-order chi connectivity index (χ1) is 11.0. The molecule has 2 rings (SSSR count). The molecule has 1 aromatic carbocycles. The van der Waals surface area contributed by atoms with Gasteiger partial charge in [0.25, 0.3) is 5.91 Å². The third-order valence-corrected chi connectivity index (χ3v) is 3.56. The minimum atomic E-state index is -3.02. The van der Waals surface area contributed by atoms with Crippen molar-refractivity contribution in [1.82, 2.24) is 10.6 Å². The van der Waals surface area contributed by atoms with Gasteiger partial charge < -0.3 is 24.8 Å². The number of benzene rings is 1. The number of ether oxygens (including phenoxy) is 3. The highest BCUT2D eigenvalue weighted by atomic mass is 19.3. The Balaban J connectivity index is 2.22. The normalized spacial score (nSPS) is 17.7. The monoisotopic (exact) mass is 330 g/mol. The molecule has 23 heavy (non-hydrogen) atoms. The molecular weight excluding hydrogens is 310 g/mol. The number of amides is 1. The summed E-state index contributed by atoms with van der Waals surface area (Å²) in [5.41, 5.74) is 0.255. The van der Waals surface area contributed by atoms with Crippen molar-refractivity contribution in [2.24, 2.45) is 0 Å². The average molecular weight is 330 g/mol. The standard InChI is InChI=1S/C15H20F2N2O4/c1-21-11-6-9(7-12(22-2)13(11)23-15(16)17)14(20)19-10-4-3-5-18-8-10/h6-7,10,15,18H,3-5,8H2,1-2H3,(H,19,20)/t10-/m0/s1. The molecule has 128 valence electrons. The molecule has 0 bridgehead atoms. The van der Waals surface area contributed by atoms with E-state index in [1.165, 1.54) is 26.4 Å². The van der Waals surface area contributed by atoms with Crippen LogP contribution in [0.5, 0.6) is 17.2 Å². The molecular formula is C15H20F2N2O4. The summed E-state index contributed by atoms with van der Waals surface area (Å²) in [5, 5.41) is 6.10. The molecule has 1 atom stereocenters. The van der Waals surface area contributed by atoms with E-state index in [1.807, 2.05) is 0 Å². The van der Waals surface area contributed by atoms with Gasteiger partial charge in [-0.3, -0.25) is 4.79 Å². The van der Waals surface area contributed by atoms with E-state index < -0.39 is 6.61 Å². The summed E-state index contributed by atoms with van der Waals surface area (Å²) in [7, 11) is 2.61. The van der Waals surface area contributed by atoms with Crippen LogP contribution < -0.4 is 24.8 Å². The second-order valence-corrected chi connectivity index (χ2v) is 5.11. The molecule has 0 saturated carbocycles. The van der Waals surface area contributed by atoms with Gasteiger partial charge in [0.15, 0.2) is 11.5 Å². The molecule has 1 heterocycles. The van der Waals surface area contributed by atoms with Gasteiger partial charge in [0.05, 0.1) is 14.2 Å². The number of carbonyl (C=O) groups is 1. The van der Waals surface area contributed by atoms with E-state index in [1.54, 1.807) is 0 Å². The molecule has 1 aliphatic rings. The summed E-state index contributed by atoms with van der Waals surface area (Å²) in [6, 6.07) is 2.74. The first-order valence-corrected chi connectivity index (χ1v) is 7.27. The fraction of sp³-hybridized carbons (Fsp3) is 0.533. The lowest BCUT2D eigenvalue weighted by atomic mass is 10.1. The van der Waals surface area contributed by atoms with E-state index in [2.05, 4.69) is 15.4 Å². The highest BCUT2D eigenvalue weighted by Gasteiger charge is 2.22. The molecule has 1 saturated heterocycles. The Hall–Kier alpha value is -2.09. The second kappa shape index (κ2) is 7.96. The lowest BCUT2D eigenvalue weighted by molar-refractivity contribution is -0.0526. The summed E-state index contributed by atoms with van der Waals surface area (Å²) in [6.07, 6.45) is 1.87. The van der Waals surface area contributed by atoms with E-state index in [9.17, 15) is 13.6 Å². The molecule has 1 aromatic rings. The number of nitrogens with one attached hydrogen (secondary N) is 2. The SMILES string of the molecule is COc1cc(C(=O)N[C@H]2CCCNC2)cc(OC)c1OC(F)F. The van der Waals surface area contributed by atoms with Gasteiger partial charge in [-0.2, -0.15) is 8.78 Å². The van der Waals surface area contributed by atoms with Gasteiger partial charge >= 0.3 is 6.61 Å². The number of alkyl halides is 2. The fourth-order valence-electron chi connectivity index (χ4n) is 2.46. The van der Waals surface area contributed by atoms with Crippen LogP contribution in [0.15, 0.2) is 12.1 Å². The van der Waals surface area contributed by atoms with Gasteiger partial charge in [0.1, 0.15) is 0 Å². The quantitative estimate of drug-likeness (QED) is 0.832. The first-order valence-electron chi connectivity index (χ1n) is 7.27. The molecule has 1 fully saturated rings. The predicted octanol–water partition coefficient (Wildman–Crippen LogP) is 1.79. The zero-order chi connectivity index (χ0) is 16.8. The van der Waals surface area contributed by atoms with E-state index in [4.69, 9.17) is 9.47 Å². The van der Waals surface area contributed by atoms with Gasteiger partial charge in [-0.1, -0.05) is 0 Å². The van der Waals surface area contributed by atoms with Crippen LogP contribution in [0.1, 0.15) is 23.2 Å². The van der Waals surface area contributed by atoms with Crippen LogP contribution in [0.3, 0.4) is 0 Å². The third kappa shape index (κ3) is 4.44. The molecule has 0 spiro atoms. The molecule has 1 amide bonds. The van der Waals surface area contributed by atoms with Crippen LogP contribution >= 0.6 is 0 Å². The largest absolute Gasteiger partial charge is 0.493 e. The maximum atomic E-state index is 12.5. The van der Waals surface area contributed by atoms with Gasteiger partial charge in [0.2, 0.25) is 5.75 Å². The van der Waals surface area contributed by atoms with Crippen molar-refractivity contribution in [2.75, 3.05) is 27.3 Å². The Bertz CT molecular complexity index is 523. The molecule has 6 nitrogen and oxygen atoms in total. The number of carbonyl (C=O) groups excluding carboxylic acids is 1. The van der Waals surface area contributed by atoms with E-state index in [-0.39, 0.29) is 34.8 Å². The van der Waals surface area contributed by atoms with Gasteiger partial charge in [0, 0.05) is 18.2 Å². The minimum Gasteiger partial charge on any atom is -0.493 e. The van der Waals surface area contributed by atoms with E-state index >= 15 is 0 Å². The highest BCUT2D eigenvalue weighted by Crippen LogP contribution is 2.39. The number of rotatable bonds is 6. The number of methoxy groups -OCH3 is 2. The zero-order valence-electron chi connectivity index (χ0n) is 13.0. The van der Waals surface area contributed by atoms with Crippen LogP contribution in [0.4, 0.5) is 8.78 Å². The van der Waals surface area contributed by atoms with Crippen LogP contribution in [-0.4, -0.2) is 45.9 Å². The van der Waals surface area contributed by atoms with E-state index in [0.717, 1.165) is 19.4 Å². The number of piperidine rings is 1. The number of hydrogen-bond donors (Lipinski definition) is 2. The molecule has 0 unspecified atom stereocenters. The molecule has 0 aliphatic carbocycles. The molecule has 0 aromatic heterocycles. The van der Waals surface area contributed by atoms with Crippen LogP contribution in [0, 0.1) is 0 Å². The van der Waals surface area contributed by atoms with Crippen molar-refractivity contribution in [3.63, 3.8) is 0 Å². The van der Waals surface area contributed by atoms with Gasteiger partial charge in [-0.15, -0.1) is 0 Å². The van der Waals surface area contributed by atoms with Crippen molar-refractivity contribution >= 4 is 5.91 Å². The number of hydrogen-bond acceptors (Lipinski definition) is 5. The summed E-state index contributed by atoms with van der Waals surface area (Å²) in [6.45, 7) is -1.38. The molecule has 8 heteroatoms. The van der Waals surface area contributed by atoms with E-state index in [0.29, 0.717) is 6.54 Å². The Kier molecular flexibility index (Phi) is 5.97. The fourth-order valence-corrected chi connectivity index (χ4v) is 2.46. The highest BCUT2D eigenvalue weighted by molar-refractivity contribution is 5.95. The van der Waals surface area contributed by atoms with Crippen molar-refractivity contribution < 1.29 is 27.8 Å². The van der Waals surface area contributed by atoms with Gasteiger partial charge in [-0.25, -0.2) is 0 Å². The van der Waals surface area contributed by atoms with Crippen LogP contribution in [-0.2, 0) is 0 Å². The Morgan fingerprint density at radius 2 is 1.96 bits per heavy atom. The Morgan fingerprint density at radius 3 is 2.43 bits per heavy atom. The number of halogens is 2. The Morgan fingerprint density at radius 1 is 1.30 bits per heavy atom. The van der Waals surface area contributed by atoms with Crippen molar-refractivity contribution in [3.8, 4) is 17.2 Å². The maximum absolute atomic E-state index is 12.5. The van der Waals surface area contributed by atoms with Crippen LogP contribution in [0.2, 0.25) is 0 Å². The smallest absolute Gasteiger partial charge is 0.387 e. The van der Waals surface area contributed by atoms with Crippen molar-refractivity contribution in [2.45, 2.75) is 25.5 Å². The van der Waals surface area contributed by atoms with Crippen LogP contribution in [0.25, 0.3) is 0 Å². The maximum Gasteiger partial charge on any atom is 0.387 e. The third-order valence-electron chi connectivity index (χ3n) is 3.56. The lowest BCUT2D eigenvalue weighted by Crippen LogP contribution is -2.45. The molecule has 1 aliphatic heterocycles. The summed E-state index contributed by atoms with van der Waals surface area (Å²) < 4.78 is 39.5. The summed E-state index contributed by atoms with van der Waals surface area (Å²) in [4.78, 5) is 12.3. The zero-order valence-corrected chi connectivity index (χ0v) is 13.0.